The summed E-state index contributed by atoms with van der Waals surface area (Å²) in [5, 5.41) is 9.70. The quantitative estimate of drug-likeness (QED) is 0.701. The van der Waals surface area contributed by atoms with E-state index in [0.717, 1.165) is 19.3 Å². The van der Waals surface area contributed by atoms with Crippen LogP contribution in [0.3, 0.4) is 0 Å². The Hall–Kier alpha value is -1.10. The number of rotatable bonds is 6. The lowest BCUT2D eigenvalue weighted by atomic mass is 10.0. The number of unbranched alkanes of at least 4 members (excludes halogenated alkanes) is 1. The Morgan fingerprint density at radius 3 is 2.59 bits per heavy atom. The van der Waals surface area contributed by atoms with E-state index in [9.17, 15) is 14.7 Å². The summed E-state index contributed by atoms with van der Waals surface area (Å²) in [6.07, 6.45) is 3.50. The van der Waals surface area contributed by atoms with Crippen molar-refractivity contribution in [3.63, 3.8) is 0 Å². The maximum atomic E-state index is 12.2. The summed E-state index contributed by atoms with van der Waals surface area (Å²) >= 11 is 0. The van der Waals surface area contributed by atoms with E-state index in [-0.39, 0.29) is 18.4 Å². The molecule has 0 spiro atoms. The molecule has 0 aromatic carbocycles. The normalized spacial score (nSPS) is 23.6. The first kappa shape index (κ1) is 14.0. The molecule has 1 saturated carbocycles. The van der Waals surface area contributed by atoms with Crippen LogP contribution in [0.5, 0.6) is 0 Å². The van der Waals surface area contributed by atoms with E-state index in [1.54, 1.807) is 0 Å². The molecule has 2 unspecified atom stereocenters. The lowest BCUT2D eigenvalue weighted by Gasteiger charge is -2.25. The summed E-state index contributed by atoms with van der Waals surface area (Å²) in [6, 6.07) is 0. The fourth-order valence-corrected chi connectivity index (χ4v) is 2.27. The van der Waals surface area contributed by atoms with Gasteiger partial charge in [0, 0.05) is 6.54 Å². The van der Waals surface area contributed by atoms with Crippen LogP contribution in [-0.2, 0) is 9.59 Å². The molecule has 98 valence electrons. The highest BCUT2D eigenvalue weighted by Gasteiger charge is 2.34. The molecule has 5 nitrogen and oxygen atoms in total. The molecule has 3 N–H and O–H groups in total. The number of carbonyl (C=O) groups excluding carboxylic acids is 2. The summed E-state index contributed by atoms with van der Waals surface area (Å²) in [5.74, 6) is -0.963. The molecule has 0 aromatic heterocycles. The molecule has 0 bridgehead atoms. The third-order valence-electron chi connectivity index (χ3n) is 3.24. The van der Waals surface area contributed by atoms with E-state index in [2.05, 4.69) is 0 Å². The topological polar surface area (TPSA) is 83.6 Å². The maximum Gasteiger partial charge on any atom is 0.237 e. The van der Waals surface area contributed by atoms with Crippen LogP contribution in [0.1, 0.15) is 39.0 Å². The number of hydrogen-bond donors (Lipinski definition) is 2. The molecule has 2 atom stereocenters. The zero-order valence-electron chi connectivity index (χ0n) is 10.4. The van der Waals surface area contributed by atoms with Gasteiger partial charge in [-0.3, -0.25) is 9.59 Å². The molecule has 5 heteroatoms. The Bertz CT molecular complexity index is 281. The average Bonchev–Trinajstić information content (AvgIpc) is 2.69. The lowest BCUT2D eigenvalue weighted by Crippen LogP contribution is -2.44. The highest BCUT2D eigenvalue weighted by molar-refractivity contribution is 5.85. The van der Waals surface area contributed by atoms with Gasteiger partial charge in [0.1, 0.15) is 0 Å². The van der Waals surface area contributed by atoms with Crippen molar-refractivity contribution in [1.82, 2.24) is 4.90 Å². The molecule has 1 fully saturated rings. The van der Waals surface area contributed by atoms with Crippen LogP contribution in [0, 0.1) is 5.92 Å². The first-order chi connectivity index (χ1) is 8.06. The van der Waals surface area contributed by atoms with E-state index in [1.807, 2.05) is 6.92 Å². The van der Waals surface area contributed by atoms with Gasteiger partial charge in [0.15, 0.2) is 0 Å². The largest absolute Gasteiger partial charge is 0.392 e. The molecule has 1 rings (SSSR count). The number of amides is 2. The van der Waals surface area contributed by atoms with Gasteiger partial charge < -0.3 is 15.7 Å². The first-order valence-corrected chi connectivity index (χ1v) is 6.31. The van der Waals surface area contributed by atoms with Gasteiger partial charge in [0.2, 0.25) is 11.8 Å². The van der Waals surface area contributed by atoms with Gasteiger partial charge in [0.05, 0.1) is 18.6 Å². The standard InChI is InChI=1S/C12H22N2O3/c1-2-3-7-14(8-11(13)16)12(17)9-5-4-6-10(9)15/h9-10,15H,2-8H2,1H3,(H2,13,16). The van der Waals surface area contributed by atoms with Gasteiger partial charge in [-0.15, -0.1) is 0 Å². The second-order valence-corrected chi connectivity index (χ2v) is 4.68. The van der Waals surface area contributed by atoms with E-state index in [1.165, 1.54) is 4.90 Å². The highest BCUT2D eigenvalue weighted by Crippen LogP contribution is 2.27. The molecule has 2 amide bonds. The van der Waals surface area contributed by atoms with Crippen molar-refractivity contribution in [3.05, 3.63) is 0 Å². The Kier molecular flexibility index (Phi) is 5.41. The summed E-state index contributed by atoms with van der Waals surface area (Å²) < 4.78 is 0. The van der Waals surface area contributed by atoms with Crippen LogP contribution in [0.4, 0.5) is 0 Å². The van der Waals surface area contributed by atoms with E-state index < -0.39 is 12.0 Å². The molecule has 17 heavy (non-hydrogen) atoms. The van der Waals surface area contributed by atoms with Crippen molar-refractivity contribution in [2.75, 3.05) is 13.1 Å². The fourth-order valence-electron chi connectivity index (χ4n) is 2.27. The van der Waals surface area contributed by atoms with Crippen LogP contribution >= 0.6 is 0 Å². The van der Waals surface area contributed by atoms with E-state index >= 15 is 0 Å². The summed E-state index contributed by atoms with van der Waals surface area (Å²) in [5.41, 5.74) is 5.14. The first-order valence-electron chi connectivity index (χ1n) is 6.31. The molecule has 0 aromatic rings. The third kappa shape index (κ3) is 4.00. The zero-order chi connectivity index (χ0) is 12.8. The van der Waals surface area contributed by atoms with Crippen molar-refractivity contribution in [2.24, 2.45) is 11.7 Å². The molecular weight excluding hydrogens is 220 g/mol. The van der Waals surface area contributed by atoms with Crippen molar-refractivity contribution in [1.29, 1.82) is 0 Å². The molecular formula is C12H22N2O3. The number of nitrogens with two attached hydrogens (primary N) is 1. The second kappa shape index (κ2) is 6.59. The number of carbonyl (C=O) groups is 2. The predicted molar refractivity (Wildman–Crippen MR) is 64.0 cm³/mol. The van der Waals surface area contributed by atoms with Crippen molar-refractivity contribution in [3.8, 4) is 0 Å². The van der Waals surface area contributed by atoms with Gasteiger partial charge in [-0.25, -0.2) is 0 Å². The van der Waals surface area contributed by atoms with Gasteiger partial charge in [-0.05, 0) is 25.7 Å². The summed E-state index contributed by atoms with van der Waals surface area (Å²) in [4.78, 5) is 24.6. The predicted octanol–water partition coefficient (Wildman–Crippen LogP) is 0.261. The second-order valence-electron chi connectivity index (χ2n) is 4.68. The Balaban J connectivity index is 2.60. The van der Waals surface area contributed by atoms with E-state index in [0.29, 0.717) is 19.4 Å². The number of nitrogens with zero attached hydrogens (tertiary/aromatic N) is 1. The fraction of sp³-hybridized carbons (Fsp3) is 0.833. The van der Waals surface area contributed by atoms with Gasteiger partial charge in [-0.2, -0.15) is 0 Å². The molecule has 1 aliphatic rings. The summed E-state index contributed by atoms with van der Waals surface area (Å²) in [7, 11) is 0. The Labute approximate surface area is 102 Å². The molecule has 0 aliphatic heterocycles. The molecule has 1 aliphatic carbocycles. The highest BCUT2D eigenvalue weighted by atomic mass is 16.3. The maximum absolute atomic E-state index is 12.2. The van der Waals surface area contributed by atoms with Crippen molar-refractivity contribution >= 4 is 11.8 Å². The monoisotopic (exact) mass is 242 g/mol. The smallest absolute Gasteiger partial charge is 0.237 e. The van der Waals surface area contributed by atoms with Crippen LogP contribution in [0.25, 0.3) is 0 Å². The summed E-state index contributed by atoms with van der Waals surface area (Å²) in [6.45, 7) is 2.53. The number of hydrogen-bond acceptors (Lipinski definition) is 3. The minimum atomic E-state index is -0.556. The van der Waals surface area contributed by atoms with Crippen LogP contribution < -0.4 is 5.73 Å². The number of aliphatic hydroxyl groups excluding tert-OH is 1. The van der Waals surface area contributed by atoms with Crippen LogP contribution in [0.2, 0.25) is 0 Å². The van der Waals surface area contributed by atoms with Gasteiger partial charge in [0.25, 0.3) is 0 Å². The molecule has 0 radical (unpaired) electrons. The zero-order valence-corrected chi connectivity index (χ0v) is 10.4. The van der Waals surface area contributed by atoms with Crippen LogP contribution in [-0.4, -0.2) is 41.0 Å². The third-order valence-corrected chi connectivity index (χ3v) is 3.24. The number of aliphatic hydroxyl groups is 1. The van der Waals surface area contributed by atoms with Gasteiger partial charge in [-0.1, -0.05) is 13.3 Å². The minimum Gasteiger partial charge on any atom is -0.392 e. The average molecular weight is 242 g/mol. The van der Waals surface area contributed by atoms with E-state index in [4.69, 9.17) is 5.73 Å². The number of primary amides is 1. The van der Waals surface area contributed by atoms with Crippen molar-refractivity contribution in [2.45, 2.75) is 45.1 Å². The SMILES string of the molecule is CCCCN(CC(N)=O)C(=O)C1CCCC1O. The van der Waals surface area contributed by atoms with Gasteiger partial charge >= 0.3 is 0 Å². The Morgan fingerprint density at radius 1 is 1.41 bits per heavy atom. The molecule has 0 saturated heterocycles. The Morgan fingerprint density at radius 2 is 2.12 bits per heavy atom. The van der Waals surface area contributed by atoms with Crippen molar-refractivity contribution < 1.29 is 14.7 Å². The lowest BCUT2D eigenvalue weighted by molar-refractivity contribution is -0.141. The molecule has 0 heterocycles. The van der Waals surface area contributed by atoms with Crippen LogP contribution in [0.15, 0.2) is 0 Å². The minimum absolute atomic E-state index is 0.0396.